The molecule has 6 nitrogen and oxygen atoms in total. The van der Waals surface area contributed by atoms with Gasteiger partial charge in [-0.1, -0.05) is 11.8 Å². The summed E-state index contributed by atoms with van der Waals surface area (Å²) in [6.07, 6.45) is 3.28. The summed E-state index contributed by atoms with van der Waals surface area (Å²) in [5.74, 6) is 1.47. The van der Waals surface area contributed by atoms with E-state index in [1.807, 2.05) is 18.2 Å². The van der Waals surface area contributed by atoms with Crippen LogP contribution in [0.25, 0.3) is 0 Å². The molecule has 0 atom stereocenters. The van der Waals surface area contributed by atoms with Crippen LogP contribution < -0.4 is 9.47 Å². The molecule has 0 amide bonds. The third-order valence-electron chi connectivity index (χ3n) is 4.15. The number of rotatable bonds is 4. The third-order valence-corrected chi connectivity index (χ3v) is 6.97. The first-order valence-electron chi connectivity index (χ1n) is 8.17. The Balaban J connectivity index is 1.51. The zero-order valence-electron chi connectivity index (χ0n) is 13.6. The normalized spacial score (nSPS) is 17.6. The van der Waals surface area contributed by atoms with Gasteiger partial charge in [-0.3, -0.25) is 0 Å². The van der Waals surface area contributed by atoms with Crippen molar-refractivity contribution in [1.29, 1.82) is 0 Å². The molecule has 0 bridgehead atoms. The predicted octanol–water partition coefficient (Wildman–Crippen LogP) is 2.79. The van der Waals surface area contributed by atoms with Crippen LogP contribution in [0.5, 0.6) is 11.5 Å². The standard InChI is InChI=1S/C17H18N2O4S2/c20-25(21,19-7-1-2-8-19)14-4-6-17(18-12-14)24-13-3-5-15-16(11-13)23-10-9-22-15/h3-6,11-12H,1-2,7-10H2. The van der Waals surface area contributed by atoms with E-state index in [4.69, 9.17) is 9.47 Å². The minimum Gasteiger partial charge on any atom is -0.486 e. The lowest BCUT2D eigenvalue weighted by Crippen LogP contribution is -2.27. The van der Waals surface area contributed by atoms with E-state index in [-0.39, 0.29) is 4.90 Å². The number of aromatic nitrogens is 1. The monoisotopic (exact) mass is 378 g/mol. The van der Waals surface area contributed by atoms with Gasteiger partial charge in [0, 0.05) is 24.2 Å². The summed E-state index contributed by atoms with van der Waals surface area (Å²) in [6, 6.07) is 9.10. The van der Waals surface area contributed by atoms with Gasteiger partial charge in [0.05, 0.1) is 0 Å². The van der Waals surface area contributed by atoms with Crippen molar-refractivity contribution >= 4 is 21.8 Å². The highest BCUT2D eigenvalue weighted by Gasteiger charge is 2.27. The summed E-state index contributed by atoms with van der Waals surface area (Å²) >= 11 is 1.46. The molecular formula is C17H18N2O4S2. The van der Waals surface area contributed by atoms with Crippen molar-refractivity contribution in [3.63, 3.8) is 0 Å². The molecule has 2 aliphatic heterocycles. The van der Waals surface area contributed by atoms with E-state index < -0.39 is 10.0 Å². The van der Waals surface area contributed by atoms with E-state index in [0.717, 1.165) is 34.3 Å². The number of benzene rings is 1. The Kier molecular flexibility index (Phi) is 4.58. The van der Waals surface area contributed by atoms with Crippen LogP contribution in [-0.4, -0.2) is 44.0 Å². The fourth-order valence-electron chi connectivity index (χ4n) is 2.87. The van der Waals surface area contributed by atoms with Crippen LogP contribution in [0.1, 0.15) is 12.8 Å². The van der Waals surface area contributed by atoms with Crippen molar-refractivity contribution in [2.75, 3.05) is 26.3 Å². The molecule has 0 N–H and O–H groups in total. The van der Waals surface area contributed by atoms with E-state index in [2.05, 4.69) is 4.98 Å². The summed E-state index contributed by atoms with van der Waals surface area (Å²) in [4.78, 5) is 5.52. The van der Waals surface area contributed by atoms with Gasteiger partial charge in [-0.2, -0.15) is 4.31 Å². The molecule has 8 heteroatoms. The average molecular weight is 378 g/mol. The van der Waals surface area contributed by atoms with Crippen LogP contribution in [0.15, 0.2) is 51.3 Å². The lowest BCUT2D eigenvalue weighted by atomic mass is 10.3. The van der Waals surface area contributed by atoms with Crippen LogP contribution in [0.4, 0.5) is 0 Å². The molecular weight excluding hydrogens is 360 g/mol. The van der Waals surface area contributed by atoms with E-state index in [0.29, 0.717) is 26.3 Å². The fraction of sp³-hybridized carbons (Fsp3) is 0.353. The first-order chi connectivity index (χ1) is 12.1. The van der Waals surface area contributed by atoms with Crippen LogP contribution in [0.2, 0.25) is 0 Å². The molecule has 0 spiro atoms. The number of hydrogen-bond donors (Lipinski definition) is 0. The Morgan fingerprint density at radius 1 is 1.00 bits per heavy atom. The smallest absolute Gasteiger partial charge is 0.244 e. The topological polar surface area (TPSA) is 68.7 Å². The minimum absolute atomic E-state index is 0.251. The van der Waals surface area contributed by atoms with Crippen LogP contribution in [0, 0.1) is 0 Å². The highest BCUT2D eigenvalue weighted by molar-refractivity contribution is 7.99. The molecule has 3 heterocycles. The van der Waals surface area contributed by atoms with Crippen LogP contribution in [0.3, 0.4) is 0 Å². The summed E-state index contributed by atoms with van der Waals surface area (Å²) in [5, 5.41) is 0.733. The summed E-state index contributed by atoms with van der Waals surface area (Å²) in [6.45, 7) is 2.29. The molecule has 25 heavy (non-hydrogen) atoms. The van der Waals surface area contributed by atoms with Crippen molar-refractivity contribution in [3.8, 4) is 11.5 Å². The summed E-state index contributed by atoms with van der Waals surface area (Å²) in [7, 11) is -3.42. The van der Waals surface area contributed by atoms with Gasteiger partial charge in [-0.15, -0.1) is 0 Å². The number of nitrogens with zero attached hydrogens (tertiary/aromatic N) is 2. The van der Waals surface area contributed by atoms with Crippen LogP contribution >= 0.6 is 11.8 Å². The maximum Gasteiger partial charge on any atom is 0.244 e. The van der Waals surface area contributed by atoms with Gasteiger partial charge in [0.1, 0.15) is 23.1 Å². The van der Waals surface area contributed by atoms with E-state index >= 15 is 0 Å². The minimum atomic E-state index is -3.42. The van der Waals surface area contributed by atoms with Gasteiger partial charge in [-0.25, -0.2) is 13.4 Å². The summed E-state index contributed by atoms with van der Waals surface area (Å²) < 4.78 is 37.6. The van der Waals surface area contributed by atoms with Crippen molar-refractivity contribution in [1.82, 2.24) is 9.29 Å². The largest absolute Gasteiger partial charge is 0.486 e. The molecule has 2 aliphatic rings. The van der Waals surface area contributed by atoms with Crippen molar-refractivity contribution < 1.29 is 17.9 Å². The number of pyridine rings is 1. The zero-order chi connectivity index (χ0) is 17.3. The fourth-order valence-corrected chi connectivity index (χ4v) is 5.11. The SMILES string of the molecule is O=S(=O)(c1ccc(Sc2ccc3c(c2)OCCO3)nc1)N1CCCC1. The quantitative estimate of drug-likeness (QED) is 0.815. The molecule has 0 aliphatic carbocycles. The zero-order valence-corrected chi connectivity index (χ0v) is 15.2. The second-order valence-corrected chi connectivity index (χ2v) is 8.88. The average Bonchev–Trinajstić information content (AvgIpc) is 3.18. The first kappa shape index (κ1) is 16.7. The molecule has 4 rings (SSSR count). The summed E-state index contributed by atoms with van der Waals surface area (Å²) in [5.41, 5.74) is 0. The second kappa shape index (κ2) is 6.86. The van der Waals surface area contributed by atoms with Gasteiger partial charge in [0.2, 0.25) is 10.0 Å². The van der Waals surface area contributed by atoms with Crippen molar-refractivity contribution in [2.24, 2.45) is 0 Å². The Hall–Kier alpha value is -1.77. The molecule has 0 unspecified atom stereocenters. The molecule has 1 saturated heterocycles. The van der Waals surface area contributed by atoms with E-state index in [9.17, 15) is 8.42 Å². The Morgan fingerprint density at radius 3 is 2.48 bits per heavy atom. The molecule has 1 fully saturated rings. The van der Waals surface area contributed by atoms with Crippen LogP contribution in [-0.2, 0) is 10.0 Å². The predicted molar refractivity (Wildman–Crippen MR) is 93.8 cm³/mol. The highest BCUT2D eigenvalue weighted by Crippen LogP contribution is 2.36. The van der Waals surface area contributed by atoms with Crippen molar-refractivity contribution in [2.45, 2.75) is 27.7 Å². The number of ether oxygens (including phenoxy) is 2. The number of fused-ring (bicyclic) bond motifs is 1. The lowest BCUT2D eigenvalue weighted by molar-refractivity contribution is 0.171. The van der Waals surface area contributed by atoms with Gasteiger partial charge in [0.25, 0.3) is 0 Å². The molecule has 1 aromatic heterocycles. The molecule has 132 valence electrons. The van der Waals surface area contributed by atoms with Gasteiger partial charge in [-0.05, 0) is 43.2 Å². The number of sulfonamides is 1. The Morgan fingerprint density at radius 2 is 1.76 bits per heavy atom. The Bertz CT molecular complexity index is 863. The molecule has 1 aromatic carbocycles. The lowest BCUT2D eigenvalue weighted by Gasteiger charge is -2.18. The molecule has 2 aromatic rings. The molecule has 0 saturated carbocycles. The van der Waals surface area contributed by atoms with E-state index in [1.165, 1.54) is 22.3 Å². The number of hydrogen-bond acceptors (Lipinski definition) is 6. The molecule has 0 radical (unpaired) electrons. The van der Waals surface area contributed by atoms with Gasteiger partial charge >= 0.3 is 0 Å². The Labute approximate surface area is 151 Å². The van der Waals surface area contributed by atoms with Gasteiger partial charge < -0.3 is 9.47 Å². The maximum absolute atomic E-state index is 12.5. The second-order valence-electron chi connectivity index (χ2n) is 5.85. The first-order valence-corrected chi connectivity index (χ1v) is 10.4. The van der Waals surface area contributed by atoms with E-state index in [1.54, 1.807) is 12.1 Å². The third kappa shape index (κ3) is 3.47. The van der Waals surface area contributed by atoms with Crippen molar-refractivity contribution in [3.05, 3.63) is 36.5 Å². The maximum atomic E-state index is 12.5. The highest BCUT2D eigenvalue weighted by atomic mass is 32.2. The van der Waals surface area contributed by atoms with Gasteiger partial charge in [0.15, 0.2) is 11.5 Å².